The number of carbonyl (C=O) groups is 1. The van der Waals surface area contributed by atoms with Crippen LogP contribution in [0, 0.1) is 12.8 Å². The van der Waals surface area contributed by atoms with Crippen molar-refractivity contribution in [3.05, 3.63) is 59.1 Å². The van der Waals surface area contributed by atoms with Crippen molar-refractivity contribution in [2.24, 2.45) is 5.92 Å². The number of aryl methyl sites for hydroxylation is 1. The summed E-state index contributed by atoms with van der Waals surface area (Å²) < 4.78 is 0. The molecule has 0 bridgehead atoms. The number of nitrogens with zero attached hydrogens (tertiary/aromatic N) is 1. The second-order valence-corrected chi connectivity index (χ2v) is 8.32. The van der Waals surface area contributed by atoms with Crippen molar-refractivity contribution in [2.75, 3.05) is 10.2 Å². The molecule has 4 rings (SSSR count). The molecule has 1 heterocycles. The van der Waals surface area contributed by atoms with Crippen molar-refractivity contribution in [2.45, 2.75) is 37.6 Å². The van der Waals surface area contributed by atoms with E-state index in [1.165, 1.54) is 0 Å². The van der Waals surface area contributed by atoms with Gasteiger partial charge in [0.15, 0.2) is 5.11 Å². The fourth-order valence-electron chi connectivity index (χ4n) is 4.13. The maximum absolute atomic E-state index is 13.1. The molecule has 0 spiro atoms. The van der Waals surface area contributed by atoms with Gasteiger partial charge in [-0.05, 0) is 55.4 Å². The summed E-state index contributed by atoms with van der Waals surface area (Å²) in [5.74, 6) is -0.821. The maximum atomic E-state index is 13.1. The molecule has 1 saturated heterocycles. The topological polar surface area (TPSA) is 84.8 Å². The molecule has 0 aromatic heterocycles. The number of hydrogen-bond donors (Lipinski definition) is 4. The zero-order valence-electron chi connectivity index (χ0n) is 15.7. The number of amides is 1. The number of nitrogens with one attached hydrogen (secondary N) is 2. The Morgan fingerprint density at radius 2 is 1.97 bits per heavy atom. The number of aliphatic hydroxyl groups excluding tert-OH is 2. The fourth-order valence-corrected chi connectivity index (χ4v) is 4.67. The summed E-state index contributed by atoms with van der Waals surface area (Å²) in [4.78, 5) is 15.0. The number of aliphatic hydroxyl groups is 2. The lowest BCUT2D eigenvalue weighted by Gasteiger charge is -2.41. The first kappa shape index (κ1) is 20.1. The van der Waals surface area contributed by atoms with Gasteiger partial charge in [-0.15, -0.1) is 0 Å². The van der Waals surface area contributed by atoms with Crippen LogP contribution in [0.3, 0.4) is 0 Å². The van der Waals surface area contributed by atoms with Gasteiger partial charge in [-0.2, -0.15) is 0 Å². The minimum atomic E-state index is -1.04. The Morgan fingerprint density at radius 1 is 1.24 bits per heavy atom. The molecular weight excluding hydrogens is 410 g/mol. The molecular formula is C21H22ClN3O3S. The normalized spacial score (nSPS) is 28.6. The average molecular weight is 432 g/mol. The van der Waals surface area contributed by atoms with Gasteiger partial charge in [0, 0.05) is 16.4 Å². The van der Waals surface area contributed by atoms with Gasteiger partial charge in [0.2, 0.25) is 5.91 Å². The molecule has 1 amide bonds. The van der Waals surface area contributed by atoms with Crippen LogP contribution in [0.5, 0.6) is 0 Å². The van der Waals surface area contributed by atoms with E-state index in [9.17, 15) is 15.0 Å². The van der Waals surface area contributed by atoms with Crippen molar-refractivity contribution >= 4 is 46.2 Å². The molecule has 4 N–H and O–H groups in total. The third-order valence-electron chi connectivity index (χ3n) is 5.66. The van der Waals surface area contributed by atoms with Crippen LogP contribution in [0.2, 0.25) is 5.02 Å². The number of thiocarbonyl (C=S) groups is 1. The summed E-state index contributed by atoms with van der Waals surface area (Å²) in [6, 6.07) is 13.7. The lowest BCUT2D eigenvalue weighted by Crippen LogP contribution is -2.60. The highest BCUT2D eigenvalue weighted by Gasteiger charge is 2.54. The zero-order chi connectivity index (χ0) is 20.7. The summed E-state index contributed by atoms with van der Waals surface area (Å²) in [6.45, 7) is 1.91. The maximum Gasteiger partial charge on any atom is 0.229 e. The molecule has 6 nitrogen and oxygen atoms in total. The highest BCUT2D eigenvalue weighted by molar-refractivity contribution is 7.80. The second kappa shape index (κ2) is 7.91. The number of rotatable bonds is 3. The van der Waals surface area contributed by atoms with E-state index < -0.39 is 30.2 Å². The SMILES string of the molecule is Cc1ccc(N2C(=S)N[C@H]3[C@@H](O)[C@H](O)C[C@@H](C(=O)Nc4ccccc4)[C@@H]32)cc1Cl. The number of halogens is 1. The van der Waals surface area contributed by atoms with E-state index in [-0.39, 0.29) is 12.3 Å². The quantitative estimate of drug-likeness (QED) is 0.559. The van der Waals surface area contributed by atoms with Gasteiger partial charge in [0.1, 0.15) is 6.10 Å². The minimum absolute atomic E-state index is 0.126. The standard InChI is InChI=1S/C21H22ClN3O3S/c1-11-7-8-13(9-15(11)22)25-18-14(20(28)23-12-5-3-2-4-6-12)10-16(26)19(27)17(18)24-21(25)29/h2-9,14,16-19,26-27H,10H2,1H3,(H,23,28)(H,24,29)/t14-,16-,17-,18+,19+/m1/s1. The molecule has 2 aliphatic rings. The predicted molar refractivity (Wildman–Crippen MR) is 117 cm³/mol. The Hall–Kier alpha value is -2.19. The van der Waals surface area contributed by atoms with Crippen LogP contribution in [0.15, 0.2) is 48.5 Å². The molecule has 0 radical (unpaired) electrons. The molecule has 8 heteroatoms. The molecule has 0 unspecified atom stereocenters. The molecule has 29 heavy (non-hydrogen) atoms. The van der Waals surface area contributed by atoms with E-state index >= 15 is 0 Å². The van der Waals surface area contributed by atoms with E-state index in [1.54, 1.807) is 18.2 Å². The number of para-hydroxylation sites is 1. The van der Waals surface area contributed by atoms with Crippen LogP contribution >= 0.6 is 23.8 Å². The third kappa shape index (κ3) is 3.71. The van der Waals surface area contributed by atoms with Gasteiger partial charge in [0.25, 0.3) is 0 Å². The van der Waals surface area contributed by atoms with Crippen LogP contribution in [0.1, 0.15) is 12.0 Å². The average Bonchev–Trinajstić information content (AvgIpc) is 3.05. The molecule has 152 valence electrons. The van der Waals surface area contributed by atoms with Crippen molar-refractivity contribution in [3.8, 4) is 0 Å². The highest BCUT2D eigenvalue weighted by Crippen LogP contribution is 2.38. The van der Waals surface area contributed by atoms with Crippen molar-refractivity contribution in [1.82, 2.24) is 5.32 Å². The summed E-state index contributed by atoms with van der Waals surface area (Å²) in [5, 5.41) is 27.9. The van der Waals surface area contributed by atoms with Crippen LogP contribution in [-0.4, -0.2) is 45.5 Å². The summed E-state index contributed by atoms with van der Waals surface area (Å²) in [7, 11) is 0. The highest BCUT2D eigenvalue weighted by atomic mass is 35.5. The number of carbonyl (C=O) groups excluding carboxylic acids is 1. The van der Waals surface area contributed by atoms with E-state index in [0.717, 1.165) is 11.3 Å². The Kier molecular flexibility index (Phi) is 5.48. The first-order chi connectivity index (χ1) is 13.9. The second-order valence-electron chi connectivity index (χ2n) is 7.52. The number of fused-ring (bicyclic) bond motifs is 1. The minimum Gasteiger partial charge on any atom is -0.390 e. The van der Waals surface area contributed by atoms with Crippen LogP contribution < -0.4 is 15.5 Å². The summed E-state index contributed by atoms with van der Waals surface area (Å²) >= 11 is 11.8. The monoisotopic (exact) mass is 431 g/mol. The lowest BCUT2D eigenvalue weighted by molar-refractivity contribution is -0.126. The molecule has 5 atom stereocenters. The van der Waals surface area contributed by atoms with E-state index in [1.807, 2.05) is 42.2 Å². The van der Waals surface area contributed by atoms with E-state index in [4.69, 9.17) is 23.8 Å². The Balaban J connectivity index is 1.69. The van der Waals surface area contributed by atoms with Crippen LogP contribution in [0.4, 0.5) is 11.4 Å². The Labute approximate surface area is 179 Å². The van der Waals surface area contributed by atoms with Gasteiger partial charge in [-0.25, -0.2) is 0 Å². The van der Waals surface area contributed by atoms with E-state index in [2.05, 4.69) is 10.6 Å². The smallest absolute Gasteiger partial charge is 0.229 e. The predicted octanol–water partition coefficient (Wildman–Crippen LogP) is 2.46. The molecule has 1 aliphatic heterocycles. The Morgan fingerprint density at radius 3 is 2.66 bits per heavy atom. The van der Waals surface area contributed by atoms with Crippen molar-refractivity contribution < 1.29 is 15.0 Å². The van der Waals surface area contributed by atoms with Crippen LogP contribution in [-0.2, 0) is 4.79 Å². The molecule has 2 aromatic carbocycles. The van der Waals surface area contributed by atoms with Gasteiger partial charge in [0.05, 0.1) is 24.1 Å². The number of anilines is 2. The molecule has 2 aromatic rings. The lowest BCUT2D eigenvalue weighted by atomic mass is 9.77. The van der Waals surface area contributed by atoms with Crippen molar-refractivity contribution in [1.29, 1.82) is 0 Å². The van der Waals surface area contributed by atoms with Gasteiger partial charge < -0.3 is 25.7 Å². The molecule has 1 saturated carbocycles. The third-order valence-corrected chi connectivity index (χ3v) is 6.38. The fraction of sp³-hybridized carbons (Fsp3) is 0.333. The summed E-state index contributed by atoms with van der Waals surface area (Å²) in [6.07, 6.45) is -1.94. The van der Waals surface area contributed by atoms with Gasteiger partial charge in [-0.3, -0.25) is 4.79 Å². The Bertz CT molecular complexity index is 942. The first-order valence-electron chi connectivity index (χ1n) is 9.44. The van der Waals surface area contributed by atoms with Gasteiger partial charge >= 0.3 is 0 Å². The van der Waals surface area contributed by atoms with E-state index in [0.29, 0.717) is 15.8 Å². The van der Waals surface area contributed by atoms with Crippen LogP contribution in [0.25, 0.3) is 0 Å². The summed E-state index contributed by atoms with van der Waals surface area (Å²) in [5.41, 5.74) is 2.35. The molecule has 1 aliphatic carbocycles. The largest absolute Gasteiger partial charge is 0.390 e. The zero-order valence-corrected chi connectivity index (χ0v) is 17.3. The number of benzene rings is 2. The number of hydrogen-bond acceptors (Lipinski definition) is 4. The molecule has 2 fully saturated rings. The van der Waals surface area contributed by atoms with Crippen molar-refractivity contribution in [3.63, 3.8) is 0 Å². The first-order valence-corrected chi connectivity index (χ1v) is 10.2. The van der Waals surface area contributed by atoms with Gasteiger partial charge in [-0.1, -0.05) is 35.9 Å².